The zero-order valence-corrected chi connectivity index (χ0v) is 11.3. The van der Waals surface area contributed by atoms with E-state index in [9.17, 15) is 0 Å². The standard InChI is InChI=1S/C11H15N3OS2/c1-17(16)14-6-8-5-9(7-14)10(8)15-11-12-3-2-4-13-11/h2-4,8-10H,5-7H2,1H3. The molecular formula is C11H15N3OS2. The number of hydrogen-bond acceptors (Lipinski definition) is 4. The number of nitrogens with zero attached hydrogens (tertiary/aromatic N) is 3. The zero-order chi connectivity index (χ0) is 11.8. The first-order valence-electron chi connectivity index (χ1n) is 5.76. The van der Waals surface area contributed by atoms with Crippen molar-refractivity contribution in [3.63, 3.8) is 0 Å². The summed E-state index contributed by atoms with van der Waals surface area (Å²) in [5.41, 5.74) is 0. The minimum atomic E-state index is -0.0238. The number of rotatable bonds is 3. The van der Waals surface area contributed by atoms with Gasteiger partial charge in [-0.25, -0.2) is 14.3 Å². The van der Waals surface area contributed by atoms with E-state index in [4.69, 9.17) is 15.9 Å². The SMILES string of the molecule is CS(=S)N1CC2CC(C1)C2Oc1ncccn1. The highest BCUT2D eigenvalue weighted by Gasteiger charge is 2.49. The van der Waals surface area contributed by atoms with Gasteiger partial charge in [-0.05, 0) is 23.7 Å². The second-order valence-electron chi connectivity index (χ2n) is 4.64. The average Bonchev–Trinajstić information content (AvgIpc) is 2.37. The van der Waals surface area contributed by atoms with E-state index >= 15 is 0 Å². The Kier molecular flexibility index (Phi) is 3.10. The van der Waals surface area contributed by atoms with Crippen molar-refractivity contribution in [2.24, 2.45) is 11.8 Å². The molecule has 92 valence electrons. The lowest BCUT2D eigenvalue weighted by Gasteiger charge is -2.52. The lowest BCUT2D eigenvalue weighted by atomic mass is 9.69. The van der Waals surface area contributed by atoms with Gasteiger partial charge in [-0.2, -0.15) is 0 Å². The minimum Gasteiger partial charge on any atom is -0.459 e. The second-order valence-corrected chi connectivity index (χ2v) is 7.45. The molecular weight excluding hydrogens is 254 g/mol. The molecule has 0 amide bonds. The first-order valence-corrected chi connectivity index (χ1v) is 8.27. The van der Waals surface area contributed by atoms with Gasteiger partial charge >= 0.3 is 6.01 Å². The number of piperidine rings is 2. The first kappa shape index (κ1) is 11.5. The Bertz CT molecular complexity index is 416. The fourth-order valence-electron chi connectivity index (χ4n) is 2.67. The lowest BCUT2D eigenvalue weighted by Crippen LogP contribution is -2.60. The van der Waals surface area contributed by atoms with Gasteiger partial charge in [0.15, 0.2) is 0 Å². The normalized spacial score (nSPS) is 33.8. The number of hydrogen-bond donors (Lipinski definition) is 0. The predicted molar refractivity (Wildman–Crippen MR) is 70.3 cm³/mol. The summed E-state index contributed by atoms with van der Waals surface area (Å²) in [4.78, 5) is 8.23. The predicted octanol–water partition coefficient (Wildman–Crippen LogP) is 0.801. The Balaban J connectivity index is 1.64. The van der Waals surface area contributed by atoms with Crippen LogP contribution in [0, 0.1) is 11.8 Å². The van der Waals surface area contributed by atoms with Crippen molar-refractivity contribution in [2.75, 3.05) is 19.3 Å². The van der Waals surface area contributed by atoms with Gasteiger partial charge < -0.3 is 4.74 Å². The largest absolute Gasteiger partial charge is 0.459 e. The molecule has 1 saturated carbocycles. The molecule has 0 radical (unpaired) electrons. The molecule has 3 fully saturated rings. The van der Waals surface area contributed by atoms with Gasteiger partial charge in [-0.15, -0.1) is 0 Å². The summed E-state index contributed by atoms with van der Waals surface area (Å²) in [6.07, 6.45) is 7.11. The van der Waals surface area contributed by atoms with Crippen LogP contribution in [-0.4, -0.2) is 39.7 Å². The molecule has 0 spiro atoms. The van der Waals surface area contributed by atoms with Crippen LogP contribution < -0.4 is 4.74 Å². The van der Waals surface area contributed by atoms with E-state index in [-0.39, 0.29) is 9.64 Å². The zero-order valence-electron chi connectivity index (χ0n) is 9.65. The molecule has 2 aliphatic heterocycles. The van der Waals surface area contributed by atoms with Crippen LogP contribution in [0.15, 0.2) is 18.5 Å². The highest BCUT2D eigenvalue weighted by Crippen LogP contribution is 2.42. The molecule has 3 atom stereocenters. The highest BCUT2D eigenvalue weighted by atomic mass is 32.8. The summed E-state index contributed by atoms with van der Waals surface area (Å²) in [5, 5.41) is 0. The average molecular weight is 269 g/mol. The fraction of sp³-hybridized carbons (Fsp3) is 0.636. The lowest BCUT2D eigenvalue weighted by molar-refractivity contribution is -0.0723. The van der Waals surface area contributed by atoms with Crippen LogP contribution in [0.4, 0.5) is 0 Å². The summed E-state index contributed by atoms with van der Waals surface area (Å²) in [6.45, 7) is 2.13. The Morgan fingerprint density at radius 2 is 2.00 bits per heavy atom. The molecule has 4 nitrogen and oxygen atoms in total. The van der Waals surface area contributed by atoms with Crippen LogP contribution in [0.5, 0.6) is 6.01 Å². The van der Waals surface area contributed by atoms with E-state index < -0.39 is 0 Å². The molecule has 1 aromatic rings. The topological polar surface area (TPSA) is 38.2 Å². The van der Waals surface area contributed by atoms with Gasteiger partial charge in [-0.3, -0.25) is 0 Å². The van der Waals surface area contributed by atoms with Crippen LogP contribution in [0.3, 0.4) is 0 Å². The van der Waals surface area contributed by atoms with Gasteiger partial charge in [0.2, 0.25) is 0 Å². The van der Waals surface area contributed by atoms with Crippen LogP contribution in [-0.2, 0) is 20.8 Å². The van der Waals surface area contributed by atoms with E-state index in [0.717, 1.165) is 13.1 Å². The molecule has 2 bridgehead atoms. The van der Waals surface area contributed by atoms with E-state index in [1.54, 1.807) is 18.5 Å². The molecule has 0 aromatic carbocycles. The smallest absolute Gasteiger partial charge is 0.316 e. The molecule has 0 N–H and O–H groups in total. The summed E-state index contributed by atoms with van der Waals surface area (Å²) in [7, 11) is -0.0238. The molecule has 3 unspecified atom stereocenters. The van der Waals surface area contributed by atoms with Gasteiger partial charge in [0.05, 0.1) is 0 Å². The number of fused-ring (bicyclic) bond motifs is 2. The Hall–Kier alpha value is -0.590. The summed E-state index contributed by atoms with van der Waals surface area (Å²) in [6, 6.07) is 2.31. The van der Waals surface area contributed by atoms with Crippen LogP contribution >= 0.6 is 0 Å². The van der Waals surface area contributed by atoms with Crippen LogP contribution in [0.1, 0.15) is 6.42 Å². The fourth-order valence-corrected chi connectivity index (χ4v) is 3.84. The Labute approximate surface area is 108 Å². The maximum Gasteiger partial charge on any atom is 0.316 e. The molecule has 1 aliphatic carbocycles. The number of ether oxygens (including phenoxy) is 1. The third-order valence-electron chi connectivity index (χ3n) is 3.56. The molecule has 2 saturated heterocycles. The van der Waals surface area contributed by atoms with Crippen molar-refractivity contribution in [2.45, 2.75) is 12.5 Å². The molecule has 3 heterocycles. The monoisotopic (exact) mass is 269 g/mol. The van der Waals surface area contributed by atoms with E-state index in [2.05, 4.69) is 20.5 Å². The molecule has 17 heavy (non-hydrogen) atoms. The van der Waals surface area contributed by atoms with Gasteiger partial charge in [0, 0.05) is 43.6 Å². The van der Waals surface area contributed by atoms with Crippen molar-refractivity contribution in [1.29, 1.82) is 0 Å². The van der Waals surface area contributed by atoms with Crippen molar-refractivity contribution < 1.29 is 4.74 Å². The van der Waals surface area contributed by atoms with E-state index in [0.29, 0.717) is 24.0 Å². The summed E-state index contributed by atoms with van der Waals surface area (Å²) >= 11 is 5.33. The number of aromatic nitrogens is 2. The maximum atomic E-state index is 5.87. The Morgan fingerprint density at radius 3 is 2.59 bits per heavy atom. The quantitative estimate of drug-likeness (QED) is 0.811. The minimum absolute atomic E-state index is 0.0238. The van der Waals surface area contributed by atoms with Crippen LogP contribution in [0.2, 0.25) is 0 Å². The molecule has 1 aromatic heterocycles. The molecule has 4 rings (SSSR count). The van der Waals surface area contributed by atoms with Crippen LogP contribution in [0.25, 0.3) is 0 Å². The van der Waals surface area contributed by atoms with E-state index in [1.807, 2.05) is 0 Å². The maximum absolute atomic E-state index is 5.87. The Morgan fingerprint density at radius 1 is 1.35 bits per heavy atom. The van der Waals surface area contributed by atoms with Crippen molar-refractivity contribution in [3.05, 3.63) is 18.5 Å². The third kappa shape index (κ3) is 2.21. The molecule has 6 heteroatoms. The van der Waals surface area contributed by atoms with Crippen molar-refractivity contribution >= 4 is 20.8 Å². The van der Waals surface area contributed by atoms with Gasteiger partial charge in [-0.1, -0.05) is 9.64 Å². The summed E-state index contributed by atoms with van der Waals surface area (Å²) in [5.74, 6) is 1.21. The third-order valence-corrected chi connectivity index (χ3v) is 5.22. The molecule has 3 aliphatic rings. The first-order chi connectivity index (χ1) is 8.24. The van der Waals surface area contributed by atoms with Gasteiger partial charge in [0.1, 0.15) is 6.10 Å². The van der Waals surface area contributed by atoms with Crippen molar-refractivity contribution in [3.8, 4) is 6.01 Å². The second kappa shape index (κ2) is 4.59. The van der Waals surface area contributed by atoms with E-state index in [1.165, 1.54) is 6.42 Å². The summed E-state index contributed by atoms with van der Waals surface area (Å²) < 4.78 is 8.25. The highest BCUT2D eigenvalue weighted by molar-refractivity contribution is 8.27. The van der Waals surface area contributed by atoms with Crippen molar-refractivity contribution in [1.82, 2.24) is 14.3 Å². The van der Waals surface area contributed by atoms with Gasteiger partial charge in [0.25, 0.3) is 0 Å².